The van der Waals surface area contributed by atoms with Crippen LogP contribution < -0.4 is 4.18 Å². The lowest BCUT2D eigenvalue weighted by Gasteiger charge is -2.32. The molecule has 0 atom stereocenters. The topological polar surface area (TPSA) is 119 Å². The van der Waals surface area contributed by atoms with Gasteiger partial charge in [0.05, 0.1) is 35.3 Å². The molecule has 0 bridgehead atoms. The highest BCUT2D eigenvalue weighted by atomic mass is 32.2. The average Bonchev–Trinajstić information content (AvgIpc) is 2.92. The summed E-state index contributed by atoms with van der Waals surface area (Å²) in [6, 6.07) is 10.9. The van der Waals surface area contributed by atoms with E-state index in [-0.39, 0.29) is 16.8 Å². The largest absolute Gasteiger partial charge is 0.462 e. The molecule has 0 aliphatic carbocycles. The van der Waals surface area contributed by atoms with Gasteiger partial charge in [0.25, 0.3) is 0 Å². The van der Waals surface area contributed by atoms with Gasteiger partial charge in [-0.2, -0.15) is 53.2 Å². The molecule has 0 amide bonds. The molecule has 0 saturated carbocycles. The van der Waals surface area contributed by atoms with Crippen LogP contribution in [0.25, 0.3) is 22.6 Å². The number of halogens is 9. The maximum atomic E-state index is 14.5. The molecule has 42 heavy (non-hydrogen) atoms. The monoisotopic (exact) mass is 627 g/mol. The number of rotatable bonds is 9. The Balaban J connectivity index is 2.34. The Hall–Kier alpha value is -4.40. The van der Waals surface area contributed by atoms with Crippen molar-refractivity contribution >= 4 is 16.1 Å². The number of carbonyl (C=O) groups excluding carboxylic acids is 1. The average molecular weight is 627 g/mol. The molecular weight excluding hydrogens is 613 g/mol. The highest BCUT2D eigenvalue weighted by Crippen LogP contribution is 2.55. The predicted molar refractivity (Wildman–Crippen MR) is 124 cm³/mol. The van der Waals surface area contributed by atoms with Gasteiger partial charge in [-0.3, -0.25) is 4.98 Å². The van der Waals surface area contributed by atoms with E-state index in [0.29, 0.717) is 6.07 Å². The van der Waals surface area contributed by atoms with Gasteiger partial charge in [0, 0.05) is 17.8 Å². The number of hydrogen-bond donors (Lipinski definition) is 0. The fourth-order valence-electron chi connectivity index (χ4n) is 3.23. The van der Waals surface area contributed by atoms with Crippen LogP contribution in [0.15, 0.2) is 54.7 Å². The second-order valence-electron chi connectivity index (χ2n) is 8.05. The van der Waals surface area contributed by atoms with E-state index in [4.69, 9.17) is 10.00 Å². The van der Waals surface area contributed by atoms with Gasteiger partial charge in [-0.25, -0.2) is 9.78 Å². The maximum absolute atomic E-state index is 14.5. The van der Waals surface area contributed by atoms with E-state index in [1.54, 1.807) is 6.07 Å². The van der Waals surface area contributed by atoms with Crippen molar-refractivity contribution in [3.63, 3.8) is 0 Å². The maximum Gasteiger partial charge on any atom is 0.460 e. The lowest BCUT2D eigenvalue weighted by atomic mass is 10.0. The molecule has 0 fully saturated rings. The number of esters is 1. The molecule has 8 nitrogen and oxygen atoms in total. The highest BCUT2D eigenvalue weighted by molar-refractivity contribution is 7.88. The van der Waals surface area contributed by atoms with Gasteiger partial charge in [0.15, 0.2) is 5.75 Å². The van der Waals surface area contributed by atoms with Crippen molar-refractivity contribution in [2.75, 3.05) is 6.61 Å². The van der Waals surface area contributed by atoms with E-state index in [9.17, 15) is 52.7 Å². The Morgan fingerprint density at radius 2 is 1.55 bits per heavy atom. The van der Waals surface area contributed by atoms with Crippen LogP contribution in [0.5, 0.6) is 5.75 Å². The number of carbonyl (C=O) groups is 1. The van der Waals surface area contributed by atoms with Crippen molar-refractivity contribution < 1.29 is 61.6 Å². The van der Waals surface area contributed by atoms with Crippen molar-refractivity contribution in [1.82, 2.24) is 9.97 Å². The van der Waals surface area contributed by atoms with Crippen LogP contribution in [0.1, 0.15) is 22.8 Å². The van der Waals surface area contributed by atoms with Crippen LogP contribution in [0.2, 0.25) is 0 Å². The van der Waals surface area contributed by atoms with Crippen LogP contribution in [0, 0.1) is 11.3 Å². The number of nitrogens with zero attached hydrogens (tertiary/aromatic N) is 3. The van der Waals surface area contributed by atoms with Crippen molar-refractivity contribution in [2.45, 2.75) is 30.2 Å². The smallest absolute Gasteiger partial charge is 0.460 e. The van der Waals surface area contributed by atoms with E-state index in [1.807, 2.05) is 0 Å². The third-order valence-corrected chi connectivity index (χ3v) is 6.59. The van der Waals surface area contributed by atoms with Crippen molar-refractivity contribution in [3.05, 3.63) is 65.9 Å². The van der Waals surface area contributed by atoms with E-state index >= 15 is 0 Å². The van der Waals surface area contributed by atoms with Crippen molar-refractivity contribution in [1.29, 1.82) is 5.26 Å². The van der Waals surface area contributed by atoms with E-state index in [1.165, 1.54) is 43.5 Å². The molecular formula is C24H14F9N3O5S. The molecule has 0 N–H and O–H groups in total. The normalized spacial score (nSPS) is 12.9. The van der Waals surface area contributed by atoms with E-state index in [2.05, 4.69) is 14.2 Å². The Labute approximate surface area is 230 Å². The molecule has 0 saturated heterocycles. The summed E-state index contributed by atoms with van der Waals surface area (Å²) < 4.78 is 155. The first-order valence-electron chi connectivity index (χ1n) is 11.1. The third kappa shape index (κ3) is 5.55. The number of alkyl halides is 9. The lowest BCUT2D eigenvalue weighted by molar-refractivity contribution is -0.382. The highest BCUT2D eigenvalue weighted by Gasteiger charge is 2.86. The zero-order valence-corrected chi connectivity index (χ0v) is 21.4. The first-order valence-corrected chi connectivity index (χ1v) is 12.5. The van der Waals surface area contributed by atoms with Gasteiger partial charge in [-0.1, -0.05) is 18.2 Å². The molecule has 3 rings (SSSR count). The minimum absolute atomic E-state index is 0.0730. The van der Waals surface area contributed by atoms with Crippen LogP contribution >= 0.6 is 0 Å². The molecule has 0 unspecified atom stereocenters. The molecule has 18 heteroatoms. The SMILES string of the molecule is CCOC(=O)c1c(OS(=O)(=O)C(F)(F)C(F)(F)C(F)(F)C(F)(F)F)cc(-c2ccccn2)nc1-c1ccc(C#N)cc1. The molecule has 0 aliphatic heterocycles. The number of ether oxygens (including phenoxy) is 1. The first kappa shape index (κ1) is 32.1. The molecule has 0 aliphatic rings. The number of aromatic nitrogens is 2. The minimum Gasteiger partial charge on any atom is -0.462 e. The molecule has 0 radical (unpaired) electrons. The van der Waals surface area contributed by atoms with E-state index < -0.39 is 68.7 Å². The zero-order valence-electron chi connectivity index (χ0n) is 20.6. The Kier molecular flexibility index (Phi) is 8.50. The summed E-state index contributed by atoms with van der Waals surface area (Å²) in [5.74, 6) is -18.2. The lowest BCUT2D eigenvalue weighted by Crippen LogP contribution is -2.63. The fraction of sp³-hybridized carbons (Fsp3) is 0.250. The van der Waals surface area contributed by atoms with Gasteiger partial charge < -0.3 is 8.92 Å². The summed E-state index contributed by atoms with van der Waals surface area (Å²) >= 11 is 0. The third-order valence-electron chi connectivity index (χ3n) is 5.31. The molecule has 0 spiro atoms. The summed E-state index contributed by atoms with van der Waals surface area (Å²) in [4.78, 5) is 20.9. The van der Waals surface area contributed by atoms with Crippen molar-refractivity contribution in [2.24, 2.45) is 0 Å². The Bertz CT molecular complexity index is 1620. The predicted octanol–water partition coefficient (Wildman–Crippen LogP) is 5.99. The van der Waals surface area contributed by atoms with Crippen LogP contribution in [0.4, 0.5) is 39.5 Å². The number of hydrogen-bond acceptors (Lipinski definition) is 8. The molecule has 2 aromatic heterocycles. The van der Waals surface area contributed by atoms with Crippen LogP contribution in [-0.4, -0.2) is 54.2 Å². The van der Waals surface area contributed by atoms with E-state index in [0.717, 1.165) is 12.1 Å². The summed E-state index contributed by atoms with van der Waals surface area (Å²) in [7, 11) is -7.46. The Morgan fingerprint density at radius 3 is 2.05 bits per heavy atom. The van der Waals surface area contributed by atoms with Crippen molar-refractivity contribution in [3.8, 4) is 34.5 Å². The van der Waals surface area contributed by atoms with Crippen LogP contribution in [-0.2, 0) is 14.9 Å². The summed E-state index contributed by atoms with van der Waals surface area (Å²) in [5.41, 5.74) is -2.38. The number of benzene rings is 1. The van der Waals surface area contributed by atoms with Gasteiger partial charge in [0.1, 0.15) is 5.56 Å². The van der Waals surface area contributed by atoms with Gasteiger partial charge in [-0.05, 0) is 31.2 Å². The molecule has 2 heterocycles. The minimum atomic E-state index is -7.59. The van der Waals surface area contributed by atoms with Gasteiger partial charge in [0.2, 0.25) is 0 Å². The molecule has 1 aromatic carbocycles. The second kappa shape index (κ2) is 11.1. The summed E-state index contributed by atoms with van der Waals surface area (Å²) in [6.07, 6.45) is -6.13. The summed E-state index contributed by atoms with van der Waals surface area (Å²) in [5, 5.41) is 1.82. The fourth-order valence-corrected chi connectivity index (χ4v) is 4.15. The number of nitriles is 1. The van der Waals surface area contributed by atoms with Crippen LogP contribution in [0.3, 0.4) is 0 Å². The first-order chi connectivity index (χ1) is 19.3. The Morgan fingerprint density at radius 1 is 0.929 bits per heavy atom. The molecule has 3 aromatic rings. The van der Waals surface area contributed by atoms with Gasteiger partial charge in [-0.15, -0.1) is 0 Å². The standard InChI is InChI=1S/C24H14F9N3O5S/c1-2-40-20(37)18-17(41-42(38,39)24(32,33)22(27,28)21(25,26)23(29,30)31)11-16(15-5-3-4-10-35-15)36-19(18)14-8-6-13(12-34)7-9-14/h3-11H,2H2,1H3. The van der Waals surface area contributed by atoms with Gasteiger partial charge >= 0.3 is 39.4 Å². The zero-order chi connectivity index (χ0) is 31.7. The summed E-state index contributed by atoms with van der Waals surface area (Å²) in [6.45, 7) is 0.812. The molecule has 224 valence electrons. The number of pyridine rings is 2. The second-order valence-corrected chi connectivity index (χ2v) is 9.64. The quantitative estimate of drug-likeness (QED) is 0.161.